The van der Waals surface area contributed by atoms with Crippen LogP contribution in [0.3, 0.4) is 0 Å². The molecule has 3 aromatic rings. The lowest BCUT2D eigenvalue weighted by Gasteiger charge is -2.34. The molecule has 0 radical (unpaired) electrons. The summed E-state index contributed by atoms with van der Waals surface area (Å²) in [6.45, 7) is 4.51. The minimum atomic E-state index is -4.51. The van der Waals surface area contributed by atoms with Crippen LogP contribution in [-0.4, -0.2) is 53.3 Å². The number of anilines is 1. The highest BCUT2D eigenvalue weighted by Crippen LogP contribution is 2.39. The molecule has 0 bridgehead atoms. The van der Waals surface area contributed by atoms with Crippen molar-refractivity contribution in [2.75, 3.05) is 24.5 Å². The first kappa shape index (κ1) is 29.8. The summed E-state index contributed by atoms with van der Waals surface area (Å²) in [4.78, 5) is 44.3. The van der Waals surface area contributed by atoms with Crippen LogP contribution in [0.25, 0.3) is 11.1 Å². The fourth-order valence-electron chi connectivity index (χ4n) is 6.41. The number of benzene rings is 2. The van der Waals surface area contributed by atoms with Gasteiger partial charge in [-0.3, -0.25) is 19.7 Å². The molecule has 2 N–H and O–H groups in total. The number of piperidine rings is 2. The Balaban J connectivity index is 1.03. The molecule has 3 aliphatic heterocycles. The van der Waals surface area contributed by atoms with Gasteiger partial charge >= 0.3 is 6.18 Å². The molecule has 6 rings (SSSR count). The number of hydrogen-bond donors (Lipinski definition) is 2. The fourth-order valence-corrected chi connectivity index (χ4v) is 6.41. The molecule has 230 valence electrons. The minimum Gasteiger partial charge on any atom is -0.356 e. The summed E-state index contributed by atoms with van der Waals surface area (Å²) in [5.74, 6) is -0.649. The molecule has 8 nitrogen and oxygen atoms in total. The Hall–Kier alpha value is -4.25. The van der Waals surface area contributed by atoms with Crippen molar-refractivity contribution in [1.29, 1.82) is 0 Å². The Labute approximate surface area is 253 Å². The van der Waals surface area contributed by atoms with E-state index in [-0.39, 0.29) is 24.1 Å². The van der Waals surface area contributed by atoms with Gasteiger partial charge in [0.15, 0.2) is 0 Å². The molecular weight excluding hydrogens is 571 g/mol. The van der Waals surface area contributed by atoms with E-state index in [0.717, 1.165) is 36.1 Å². The third-order valence-corrected chi connectivity index (χ3v) is 8.79. The molecule has 0 unspecified atom stereocenters. The zero-order valence-corrected chi connectivity index (χ0v) is 24.4. The van der Waals surface area contributed by atoms with Gasteiger partial charge in [-0.05, 0) is 67.5 Å². The molecule has 3 amide bonds. The van der Waals surface area contributed by atoms with Crippen molar-refractivity contribution in [3.8, 4) is 11.1 Å². The molecule has 2 fully saturated rings. The molecule has 44 heavy (non-hydrogen) atoms. The SMILES string of the molecule is Cc1cccc(-c2cnc(N3CCC(CNCc4ccc5c(c4)CN([C@@H]4CCC(=O)NC4=O)C5=O)CC3)c(C(F)(F)F)c2)c1. The van der Waals surface area contributed by atoms with E-state index in [4.69, 9.17) is 0 Å². The molecule has 11 heteroatoms. The number of rotatable bonds is 7. The van der Waals surface area contributed by atoms with Crippen LogP contribution in [0, 0.1) is 12.8 Å². The van der Waals surface area contributed by atoms with Crippen molar-refractivity contribution in [1.82, 2.24) is 20.5 Å². The number of aryl methyl sites for hydroxylation is 1. The summed E-state index contributed by atoms with van der Waals surface area (Å²) < 4.78 is 42.3. The number of nitrogens with zero attached hydrogens (tertiary/aromatic N) is 3. The first-order valence-electron chi connectivity index (χ1n) is 14.9. The second-order valence-electron chi connectivity index (χ2n) is 11.9. The monoisotopic (exact) mass is 605 g/mol. The van der Waals surface area contributed by atoms with Crippen LogP contribution in [0.5, 0.6) is 0 Å². The van der Waals surface area contributed by atoms with Crippen molar-refractivity contribution in [3.05, 3.63) is 82.5 Å². The number of fused-ring (bicyclic) bond motifs is 1. The maximum atomic E-state index is 14.1. The third-order valence-electron chi connectivity index (χ3n) is 8.79. The normalized spacial score (nSPS) is 19.4. The first-order chi connectivity index (χ1) is 21.1. The molecule has 4 heterocycles. The second-order valence-corrected chi connectivity index (χ2v) is 11.9. The first-order valence-corrected chi connectivity index (χ1v) is 14.9. The van der Waals surface area contributed by atoms with E-state index in [1.165, 1.54) is 17.2 Å². The number of alkyl halides is 3. The van der Waals surface area contributed by atoms with E-state index >= 15 is 0 Å². The zero-order chi connectivity index (χ0) is 31.0. The van der Waals surface area contributed by atoms with Crippen LogP contribution >= 0.6 is 0 Å². The Bertz CT molecular complexity index is 1600. The van der Waals surface area contributed by atoms with E-state index in [9.17, 15) is 27.6 Å². The Morgan fingerprint density at radius 2 is 1.80 bits per heavy atom. The van der Waals surface area contributed by atoms with E-state index in [2.05, 4.69) is 15.6 Å². The molecule has 0 saturated carbocycles. The van der Waals surface area contributed by atoms with Gasteiger partial charge in [-0.2, -0.15) is 13.2 Å². The lowest BCUT2D eigenvalue weighted by atomic mass is 9.96. The van der Waals surface area contributed by atoms with Crippen LogP contribution in [0.15, 0.2) is 54.7 Å². The lowest BCUT2D eigenvalue weighted by Crippen LogP contribution is -2.52. The number of hydrogen-bond acceptors (Lipinski definition) is 6. The van der Waals surface area contributed by atoms with Gasteiger partial charge in [-0.1, -0.05) is 42.0 Å². The van der Waals surface area contributed by atoms with Crippen molar-refractivity contribution in [3.63, 3.8) is 0 Å². The molecule has 0 spiro atoms. The Morgan fingerprint density at radius 3 is 2.52 bits per heavy atom. The minimum absolute atomic E-state index is 0.0145. The smallest absolute Gasteiger partial charge is 0.356 e. The molecule has 0 aliphatic carbocycles. The number of aromatic nitrogens is 1. The number of carbonyl (C=O) groups is 3. The molecular formula is C33H34F3N5O3. The Morgan fingerprint density at radius 1 is 1.00 bits per heavy atom. The average molecular weight is 606 g/mol. The fraction of sp³-hybridized carbons (Fsp3) is 0.394. The van der Waals surface area contributed by atoms with Crippen LogP contribution in [-0.2, 0) is 28.9 Å². The van der Waals surface area contributed by atoms with Crippen LogP contribution in [0.2, 0.25) is 0 Å². The lowest BCUT2D eigenvalue weighted by molar-refractivity contribution is -0.138. The summed E-state index contributed by atoms with van der Waals surface area (Å²) in [5, 5.41) is 5.78. The van der Waals surface area contributed by atoms with Crippen molar-refractivity contribution in [2.24, 2.45) is 5.92 Å². The summed E-state index contributed by atoms with van der Waals surface area (Å²) >= 11 is 0. The molecule has 2 aromatic carbocycles. The highest BCUT2D eigenvalue weighted by atomic mass is 19.4. The molecule has 3 aliphatic rings. The second kappa shape index (κ2) is 12.0. The highest BCUT2D eigenvalue weighted by Gasteiger charge is 2.39. The average Bonchev–Trinajstić information content (AvgIpc) is 3.32. The standard InChI is InChI=1S/C33H34F3N5O3/c1-20-3-2-4-23(13-20)24-15-27(33(34,35)36)30(38-18-24)40-11-9-21(10-12-40)16-37-17-22-5-6-26-25(14-22)19-41(32(26)44)28-7-8-29(42)39-31(28)43/h2-6,13-15,18,21,28,37H,7-12,16-17,19H2,1H3,(H,39,42,43)/t28-/m1/s1. The van der Waals surface area contributed by atoms with Crippen molar-refractivity contribution in [2.45, 2.75) is 57.9 Å². The summed E-state index contributed by atoms with van der Waals surface area (Å²) in [7, 11) is 0. The van der Waals surface area contributed by atoms with Gasteiger partial charge in [0.05, 0.1) is 5.56 Å². The highest BCUT2D eigenvalue weighted by molar-refractivity contribution is 6.05. The van der Waals surface area contributed by atoms with Crippen molar-refractivity contribution >= 4 is 23.5 Å². The van der Waals surface area contributed by atoms with E-state index in [1.54, 1.807) is 17.0 Å². The van der Waals surface area contributed by atoms with E-state index in [0.29, 0.717) is 55.2 Å². The predicted molar refractivity (Wildman–Crippen MR) is 159 cm³/mol. The summed E-state index contributed by atoms with van der Waals surface area (Å²) in [6.07, 6.45) is -0.966. The van der Waals surface area contributed by atoms with E-state index < -0.39 is 23.7 Å². The third kappa shape index (κ3) is 6.19. The van der Waals surface area contributed by atoms with Crippen LogP contribution in [0.4, 0.5) is 19.0 Å². The van der Waals surface area contributed by atoms with Crippen LogP contribution < -0.4 is 15.5 Å². The van der Waals surface area contributed by atoms with Gasteiger partial charge in [-0.15, -0.1) is 0 Å². The van der Waals surface area contributed by atoms with E-state index in [1.807, 2.05) is 37.3 Å². The largest absolute Gasteiger partial charge is 0.419 e. The number of halogens is 3. The topological polar surface area (TPSA) is 94.6 Å². The summed E-state index contributed by atoms with van der Waals surface area (Å²) in [5.41, 5.74) is 3.85. The maximum Gasteiger partial charge on any atom is 0.419 e. The predicted octanol–water partition coefficient (Wildman–Crippen LogP) is 4.84. The molecule has 2 saturated heterocycles. The zero-order valence-electron chi connectivity index (χ0n) is 24.4. The maximum absolute atomic E-state index is 14.1. The van der Waals surface area contributed by atoms with Crippen molar-refractivity contribution < 1.29 is 27.6 Å². The number of amides is 3. The summed E-state index contributed by atoms with van der Waals surface area (Å²) in [6, 6.07) is 13.6. The van der Waals surface area contributed by atoms with Gasteiger partial charge in [0.25, 0.3) is 5.91 Å². The van der Waals surface area contributed by atoms with Gasteiger partial charge in [-0.25, -0.2) is 4.98 Å². The number of imide groups is 1. The van der Waals surface area contributed by atoms with Gasteiger partial charge in [0, 0.05) is 49.9 Å². The quantitative estimate of drug-likeness (QED) is 0.375. The number of nitrogens with one attached hydrogen (secondary N) is 2. The number of pyridine rings is 1. The van der Waals surface area contributed by atoms with Gasteiger partial charge in [0.2, 0.25) is 11.8 Å². The van der Waals surface area contributed by atoms with Gasteiger partial charge in [0.1, 0.15) is 11.9 Å². The van der Waals surface area contributed by atoms with Gasteiger partial charge < -0.3 is 15.1 Å². The Kier molecular flexibility index (Phi) is 8.15. The van der Waals surface area contributed by atoms with Crippen LogP contribution in [0.1, 0.15) is 58.3 Å². The molecule has 1 aromatic heterocycles. The number of carbonyl (C=O) groups excluding carboxylic acids is 3. The molecule has 1 atom stereocenters.